The van der Waals surface area contributed by atoms with E-state index >= 15 is 0 Å². The average Bonchev–Trinajstić information content (AvgIpc) is 3.79. The monoisotopic (exact) mass is 842 g/mol. The van der Waals surface area contributed by atoms with Crippen LogP contribution in [0.15, 0.2) is 140 Å². The number of rotatable bonds is 2. The van der Waals surface area contributed by atoms with E-state index in [1.54, 1.807) is 0 Å². The first kappa shape index (κ1) is 40.2. The summed E-state index contributed by atoms with van der Waals surface area (Å²) >= 11 is 0. The summed E-state index contributed by atoms with van der Waals surface area (Å²) in [5.41, 5.74) is 22.4. The van der Waals surface area contributed by atoms with Crippen LogP contribution in [-0.4, -0.2) is 15.9 Å². The summed E-state index contributed by atoms with van der Waals surface area (Å²) < 4.78 is 5.43. The number of fused-ring (bicyclic) bond motifs is 12. The third kappa shape index (κ3) is 5.80. The van der Waals surface area contributed by atoms with Crippen molar-refractivity contribution in [2.45, 2.75) is 105 Å². The van der Waals surface area contributed by atoms with Gasteiger partial charge in [0.25, 0.3) is 0 Å². The first-order chi connectivity index (χ1) is 30.8. The van der Waals surface area contributed by atoms with E-state index in [2.05, 4.69) is 232 Å². The Kier molecular flexibility index (Phi) is 8.14. The summed E-state index contributed by atoms with van der Waals surface area (Å²) in [5.74, 6) is 0. The lowest BCUT2D eigenvalue weighted by Crippen LogP contribution is -2.55. The van der Waals surface area contributed by atoms with Crippen LogP contribution in [0.3, 0.4) is 0 Å². The van der Waals surface area contributed by atoms with Crippen molar-refractivity contribution in [3.8, 4) is 39.1 Å². The molecule has 0 unspecified atom stereocenters. The number of benzene rings is 8. The molecule has 2 aromatic heterocycles. The second-order valence-corrected chi connectivity index (χ2v) is 23.5. The molecule has 2 nitrogen and oxygen atoms in total. The molecule has 8 aromatic carbocycles. The molecular formula is C62H59BN2. The Bertz CT molecular complexity index is 3650. The predicted octanol–water partition coefficient (Wildman–Crippen LogP) is 15.5. The van der Waals surface area contributed by atoms with E-state index in [1.165, 1.54) is 127 Å². The number of para-hydroxylation sites is 1. The zero-order valence-corrected chi connectivity index (χ0v) is 40.3. The summed E-state index contributed by atoms with van der Waals surface area (Å²) in [6.45, 7) is 28.3. The van der Waals surface area contributed by atoms with Crippen LogP contribution in [0.25, 0.3) is 93.5 Å². The normalized spacial score (nSPS) is 13.8. The van der Waals surface area contributed by atoms with E-state index in [9.17, 15) is 0 Å². The molecule has 0 amide bonds. The van der Waals surface area contributed by atoms with Gasteiger partial charge in [0.15, 0.2) is 0 Å². The molecule has 0 spiro atoms. The van der Waals surface area contributed by atoms with Crippen molar-refractivity contribution in [2.75, 3.05) is 0 Å². The van der Waals surface area contributed by atoms with Gasteiger partial charge in [-0.2, -0.15) is 0 Å². The Labute approximate surface area is 385 Å². The second-order valence-electron chi connectivity index (χ2n) is 23.5. The van der Waals surface area contributed by atoms with Crippen LogP contribution in [0.5, 0.6) is 0 Å². The lowest BCUT2D eigenvalue weighted by Gasteiger charge is -2.35. The smallest absolute Gasteiger partial charge is 0.333 e. The van der Waals surface area contributed by atoms with Gasteiger partial charge in [0.1, 0.15) is 0 Å². The first-order valence-corrected chi connectivity index (χ1v) is 23.8. The minimum Gasteiger partial charge on any atom is -0.375 e. The molecule has 4 heterocycles. The molecule has 0 bridgehead atoms. The van der Waals surface area contributed by atoms with Crippen LogP contribution in [0, 0.1) is 0 Å². The molecule has 0 atom stereocenters. The Hall–Kier alpha value is -6.32. The fourth-order valence-electron chi connectivity index (χ4n) is 11.4. The number of aromatic nitrogens is 2. The van der Waals surface area contributed by atoms with Gasteiger partial charge < -0.3 is 9.05 Å². The predicted molar refractivity (Wildman–Crippen MR) is 283 cm³/mol. The number of hydrogen-bond acceptors (Lipinski definition) is 0. The molecule has 0 radical (unpaired) electrons. The molecule has 0 N–H and O–H groups in total. The van der Waals surface area contributed by atoms with Crippen molar-refractivity contribution in [3.63, 3.8) is 0 Å². The van der Waals surface area contributed by atoms with Crippen molar-refractivity contribution < 1.29 is 0 Å². The van der Waals surface area contributed by atoms with Gasteiger partial charge in [-0.15, -0.1) is 0 Å². The summed E-state index contributed by atoms with van der Waals surface area (Å²) in [4.78, 5) is 0. The van der Waals surface area contributed by atoms with E-state index in [0.29, 0.717) is 0 Å². The number of nitrogens with zero attached hydrogens (tertiary/aromatic N) is 2. The molecule has 2 aliphatic heterocycles. The van der Waals surface area contributed by atoms with Gasteiger partial charge in [-0.25, -0.2) is 0 Å². The summed E-state index contributed by atoms with van der Waals surface area (Å²) in [6, 6.07) is 54.7. The standard InChI is InChI=1S/C62H59BN2/c1-59(2,3)39-24-27-53-48(33-39)50-34-42(62(10,11)12)35-51-49-30-38(37-28-40(60(4,5)6)32-41(29-37)61(7,8)9)31-54-55(49)63(65(53)57(50)51)52-23-17-22-46-47-26-25-44-43(36-18-14-13-15-19-36)20-16-21-45(44)56(47)64(54)58(46)52/h13-35H,1-12H3. The van der Waals surface area contributed by atoms with Crippen molar-refractivity contribution in [3.05, 3.63) is 162 Å². The van der Waals surface area contributed by atoms with Crippen molar-refractivity contribution >= 4 is 72.2 Å². The quantitative estimate of drug-likeness (QED) is 0.153. The fraction of sp³-hybridized carbons (Fsp3) is 0.258. The van der Waals surface area contributed by atoms with E-state index < -0.39 is 0 Å². The minimum absolute atomic E-state index is 0.0132. The Morgan fingerprint density at radius 1 is 0.354 bits per heavy atom. The van der Waals surface area contributed by atoms with Crippen molar-refractivity contribution in [2.24, 2.45) is 0 Å². The lowest BCUT2D eigenvalue weighted by atomic mass is 9.45. The van der Waals surface area contributed by atoms with Gasteiger partial charge in [-0.3, -0.25) is 0 Å². The Balaban J connectivity index is 1.29. The molecule has 12 rings (SSSR count). The highest BCUT2D eigenvalue weighted by atomic mass is 15.0. The average molecular weight is 843 g/mol. The van der Waals surface area contributed by atoms with Crippen LogP contribution < -0.4 is 10.9 Å². The van der Waals surface area contributed by atoms with Gasteiger partial charge >= 0.3 is 6.85 Å². The maximum atomic E-state index is 2.74. The third-order valence-corrected chi connectivity index (χ3v) is 15.1. The van der Waals surface area contributed by atoms with Gasteiger partial charge in [0.2, 0.25) is 0 Å². The fourth-order valence-corrected chi connectivity index (χ4v) is 11.4. The molecule has 2 aliphatic rings. The Morgan fingerprint density at radius 2 is 0.938 bits per heavy atom. The molecule has 0 fully saturated rings. The lowest BCUT2D eigenvalue weighted by molar-refractivity contribution is 0.569. The third-order valence-electron chi connectivity index (χ3n) is 15.1. The molecule has 0 saturated heterocycles. The van der Waals surface area contributed by atoms with Crippen LogP contribution in [-0.2, 0) is 21.7 Å². The molecular weight excluding hydrogens is 784 g/mol. The van der Waals surface area contributed by atoms with Gasteiger partial charge in [0, 0.05) is 49.2 Å². The molecule has 0 aliphatic carbocycles. The van der Waals surface area contributed by atoms with Crippen LogP contribution in [0.2, 0.25) is 0 Å². The SMILES string of the molecule is CC(C)(C)c1cc(-c2cc3c4c(c2)-n2c5c(cccc5c5ccc6c(-c7ccccc7)cccc6c52)B4n2c4ccc(C(C)(C)C)cc4c4cc(C(C)(C)C)cc-3c42)cc(C(C)(C)C)c1. The highest BCUT2D eigenvalue weighted by molar-refractivity contribution is 6.90. The van der Waals surface area contributed by atoms with Crippen molar-refractivity contribution in [1.82, 2.24) is 9.05 Å². The van der Waals surface area contributed by atoms with Crippen LogP contribution in [0.1, 0.15) is 105 Å². The maximum Gasteiger partial charge on any atom is 0.333 e. The van der Waals surface area contributed by atoms with E-state index in [-0.39, 0.29) is 28.5 Å². The van der Waals surface area contributed by atoms with E-state index in [1.807, 2.05) is 0 Å². The zero-order chi connectivity index (χ0) is 45.3. The van der Waals surface area contributed by atoms with E-state index in [0.717, 1.165) is 0 Å². The maximum absolute atomic E-state index is 2.74. The molecule has 10 aromatic rings. The highest BCUT2D eigenvalue weighted by Crippen LogP contribution is 2.48. The first-order valence-electron chi connectivity index (χ1n) is 23.8. The highest BCUT2D eigenvalue weighted by Gasteiger charge is 2.42. The van der Waals surface area contributed by atoms with Gasteiger partial charge in [-0.05, 0) is 124 Å². The minimum atomic E-state index is -0.0529. The van der Waals surface area contributed by atoms with E-state index in [4.69, 9.17) is 0 Å². The largest absolute Gasteiger partial charge is 0.375 e. The molecule has 65 heavy (non-hydrogen) atoms. The molecule has 3 heteroatoms. The van der Waals surface area contributed by atoms with Gasteiger partial charge in [0.05, 0.1) is 11.0 Å². The van der Waals surface area contributed by atoms with Gasteiger partial charge in [-0.1, -0.05) is 186 Å². The second kappa shape index (κ2) is 13.2. The molecule has 320 valence electrons. The summed E-state index contributed by atoms with van der Waals surface area (Å²) in [5, 5.41) is 7.87. The molecule has 0 saturated carbocycles. The summed E-state index contributed by atoms with van der Waals surface area (Å²) in [7, 11) is 0. The van der Waals surface area contributed by atoms with Crippen LogP contribution in [0.4, 0.5) is 0 Å². The Morgan fingerprint density at radius 3 is 1.62 bits per heavy atom. The zero-order valence-electron chi connectivity index (χ0n) is 40.3. The van der Waals surface area contributed by atoms with Crippen molar-refractivity contribution in [1.29, 1.82) is 0 Å². The van der Waals surface area contributed by atoms with Crippen LogP contribution >= 0.6 is 0 Å². The topological polar surface area (TPSA) is 9.86 Å². The number of hydrogen-bond donors (Lipinski definition) is 0. The summed E-state index contributed by atoms with van der Waals surface area (Å²) in [6.07, 6.45) is 0.